The molecule has 0 bridgehead atoms. The number of carbonyl (C=O) groups is 2. The zero-order chi connectivity index (χ0) is 12.8. The van der Waals surface area contributed by atoms with Gasteiger partial charge in [-0.3, -0.25) is 9.59 Å². The number of esters is 1. The van der Waals surface area contributed by atoms with Gasteiger partial charge in [-0.2, -0.15) is 0 Å². The van der Waals surface area contributed by atoms with Gasteiger partial charge in [0.2, 0.25) is 5.91 Å². The van der Waals surface area contributed by atoms with E-state index in [4.69, 9.17) is 0 Å². The minimum atomic E-state index is -0.435. The van der Waals surface area contributed by atoms with Crippen molar-refractivity contribution in [3.05, 3.63) is 29.6 Å². The molecule has 0 saturated carbocycles. The minimum absolute atomic E-state index is 0.0303. The van der Waals surface area contributed by atoms with Crippen LogP contribution in [0.3, 0.4) is 0 Å². The molecule has 0 heterocycles. The average molecular weight is 239 g/mol. The Morgan fingerprint density at radius 2 is 2.06 bits per heavy atom. The predicted octanol–water partition coefficient (Wildman–Crippen LogP) is 2.03. The summed E-state index contributed by atoms with van der Waals surface area (Å²) in [5.74, 6) is -1.06. The molecule has 1 aromatic carbocycles. The van der Waals surface area contributed by atoms with Gasteiger partial charge in [0.1, 0.15) is 5.82 Å². The molecule has 0 radical (unpaired) electrons. The van der Waals surface area contributed by atoms with Gasteiger partial charge in [-0.25, -0.2) is 4.39 Å². The molecule has 0 spiro atoms. The highest BCUT2D eigenvalue weighted by atomic mass is 19.1. The summed E-state index contributed by atoms with van der Waals surface area (Å²) in [6.45, 7) is 1.61. The van der Waals surface area contributed by atoms with E-state index in [1.807, 2.05) is 0 Å². The summed E-state index contributed by atoms with van der Waals surface area (Å²) in [4.78, 5) is 22.2. The van der Waals surface area contributed by atoms with Crippen molar-refractivity contribution in [2.75, 3.05) is 12.4 Å². The number of nitrogens with one attached hydrogen (secondary N) is 1. The lowest BCUT2D eigenvalue weighted by Crippen LogP contribution is -2.14. The fourth-order valence-corrected chi connectivity index (χ4v) is 1.26. The topological polar surface area (TPSA) is 55.4 Å². The molecule has 0 saturated heterocycles. The molecule has 4 nitrogen and oxygen atoms in total. The van der Waals surface area contributed by atoms with Gasteiger partial charge in [0.05, 0.1) is 13.5 Å². The van der Waals surface area contributed by atoms with Crippen LogP contribution in [0.5, 0.6) is 0 Å². The quantitative estimate of drug-likeness (QED) is 0.818. The van der Waals surface area contributed by atoms with Crippen LogP contribution in [0.1, 0.15) is 18.4 Å². The second-order valence-electron chi connectivity index (χ2n) is 3.59. The van der Waals surface area contributed by atoms with Crippen LogP contribution in [0.25, 0.3) is 0 Å². The summed E-state index contributed by atoms with van der Waals surface area (Å²) >= 11 is 0. The molecule has 92 valence electrons. The molecular weight excluding hydrogens is 225 g/mol. The molecule has 0 unspecified atom stereocenters. The van der Waals surface area contributed by atoms with E-state index in [1.54, 1.807) is 6.92 Å². The number of carbonyl (C=O) groups excluding carboxylic acids is 2. The molecule has 1 amide bonds. The SMILES string of the molecule is COC(=O)CCC(=O)Nc1ccc(F)c(C)c1. The molecule has 0 atom stereocenters. The zero-order valence-electron chi connectivity index (χ0n) is 9.75. The van der Waals surface area contributed by atoms with Crippen molar-refractivity contribution in [1.82, 2.24) is 0 Å². The highest BCUT2D eigenvalue weighted by Crippen LogP contribution is 2.13. The molecule has 0 aliphatic rings. The third-order valence-electron chi connectivity index (χ3n) is 2.23. The first kappa shape index (κ1) is 13.2. The molecular formula is C12H14FNO3. The molecule has 1 rings (SSSR count). The first-order valence-electron chi connectivity index (χ1n) is 5.15. The summed E-state index contributed by atoms with van der Waals surface area (Å²) < 4.78 is 17.4. The monoisotopic (exact) mass is 239 g/mol. The van der Waals surface area contributed by atoms with E-state index in [1.165, 1.54) is 25.3 Å². The molecule has 0 aliphatic carbocycles. The van der Waals surface area contributed by atoms with Gasteiger partial charge >= 0.3 is 5.97 Å². The van der Waals surface area contributed by atoms with Crippen LogP contribution in [0, 0.1) is 12.7 Å². The van der Waals surface area contributed by atoms with Crippen LogP contribution in [0.4, 0.5) is 10.1 Å². The summed E-state index contributed by atoms with van der Waals surface area (Å²) in [6, 6.07) is 4.29. The maximum Gasteiger partial charge on any atom is 0.306 e. The summed E-state index contributed by atoms with van der Waals surface area (Å²) in [6.07, 6.45) is 0.0750. The number of aryl methyl sites for hydroxylation is 1. The summed E-state index contributed by atoms with van der Waals surface area (Å²) in [5.41, 5.74) is 0.967. The van der Waals surface area contributed by atoms with E-state index >= 15 is 0 Å². The zero-order valence-corrected chi connectivity index (χ0v) is 9.75. The minimum Gasteiger partial charge on any atom is -0.469 e. The lowest BCUT2D eigenvalue weighted by molar-refractivity contribution is -0.141. The largest absolute Gasteiger partial charge is 0.469 e. The summed E-state index contributed by atoms with van der Waals surface area (Å²) in [7, 11) is 1.27. The van der Waals surface area contributed by atoms with E-state index in [9.17, 15) is 14.0 Å². The van der Waals surface area contributed by atoms with E-state index < -0.39 is 5.97 Å². The van der Waals surface area contributed by atoms with Gasteiger partial charge < -0.3 is 10.1 Å². The van der Waals surface area contributed by atoms with E-state index in [2.05, 4.69) is 10.1 Å². The fourth-order valence-electron chi connectivity index (χ4n) is 1.26. The molecule has 1 N–H and O–H groups in total. The Bertz CT molecular complexity index is 432. The van der Waals surface area contributed by atoms with Gasteiger partial charge in [0, 0.05) is 12.1 Å². The van der Waals surface area contributed by atoms with Crippen LogP contribution in [-0.2, 0) is 14.3 Å². The normalized spacial score (nSPS) is 9.82. The Balaban J connectivity index is 2.50. The summed E-state index contributed by atoms with van der Waals surface area (Å²) in [5, 5.41) is 2.58. The third-order valence-corrected chi connectivity index (χ3v) is 2.23. The molecule has 0 aromatic heterocycles. The fraction of sp³-hybridized carbons (Fsp3) is 0.333. The molecule has 0 fully saturated rings. The lowest BCUT2D eigenvalue weighted by Gasteiger charge is -2.06. The molecule has 17 heavy (non-hydrogen) atoms. The number of rotatable bonds is 4. The van der Waals surface area contributed by atoms with Crippen LogP contribution in [0.15, 0.2) is 18.2 Å². The van der Waals surface area contributed by atoms with Crippen molar-refractivity contribution in [1.29, 1.82) is 0 Å². The predicted molar refractivity (Wildman–Crippen MR) is 61.0 cm³/mol. The maximum absolute atomic E-state index is 13.0. The van der Waals surface area contributed by atoms with E-state index in [0.717, 1.165) is 0 Å². The highest BCUT2D eigenvalue weighted by Gasteiger charge is 2.07. The number of halogens is 1. The number of anilines is 1. The Hall–Kier alpha value is -1.91. The van der Waals surface area contributed by atoms with E-state index in [0.29, 0.717) is 11.3 Å². The number of ether oxygens (including phenoxy) is 1. The van der Waals surface area contributed by atoms with Crippen LogP contribution >= 0.6 is 0 Å². The first-order valence-corrected chi connectivity index (χ1v) is 5.15. The highest BCUT2D eigenvalue weighted by molar-refractivity contribution is 5.92. The first-order chi connectivity index (χ1) is 8.02. The maximum atomic E-state index is 13.0. The van der Waals surface area contributed by atoms with Crippen molar-refractivity contribution in [3.63, 3.8) is 0 Å². The lowest BCUT2D eigenvalue weighted by atomic mass is 10.2. The standard InChI is InChI=1S/C12H14FNO3/c1-8-7-9(3-4-10(8)13)14-11(15)5-6-12(16)17-2/h3-4,7H,5-6H2,1-2H3,(H,14,15). The van der Waals surface area contributed by atoms with Crippen LogP contribution in [0.2, 0.25) is 0 Å². The third kappa shape index (κ3) is 4.22. The number of benzene rings is 1. The average Bonchev–Trinajstić information content (AvgIpc) is 2.31. The number of amides is 1. The van der Waals surface area contributed by atoms with Crippen molar-refractivity contribution in [3.8, 4) is 0 Å². The second-order valence-corrected chi connectivity index (χ2v) is 3.59. The van der Waals surface area contributed by atoms with Gasteiger partial charge in [0.25, 0.3) is 0 Å². The van der Waals surface area contributed by atoms with Gasteiger partial charge in [0.15, 0.2) is 0 Å². The van der Waals surface area contributed by atoms with Crippen LogP contribution in [-0.4, -0.2) is 19.0 Å². The Labute approximate surface area is 98.8 Å². The Kier molecular flexibility index (Phi) is 4.63. The van der Waals surface area contributed by atoms with Crippen LogP contribution < -0.4 is 5.32 Å². The van der Waals surface area contributed by atoms with Gasteiger partial charge in [-0.05, 0) is 30.7 Å². The Morgan fingerprint density at radius 3 is 2.65 bits per heavy atom. The van der Waals surface area contributed by atoms with Gasteiger partial charge in [-0.15, -0.1) is 0 Å². The molecule has 5 heteroatoms. The second kappa shape index (κ2) is 5.98. The molecule has 0 aliphatic heterocycles. The van der Waals surface area contributed by atoms with Crippen molar-refractivity contribution >= 4 is 17.6 Å². The number of methoxy groups -OCH3 is 1. The van der Waals surface area contributed by atoms with Crippen molar-refractivity contribution < 1.29 is 18.7 Å². The van der Waals surface area contributed by atoms with Crippen molar-refractivity contribution in [2.45, 2.75) is 19.8 Å². The smallest absolute Gasteiger partial charge is 0.306 e. The molecule has 1 aromatic rings. The van der Waals surface area contributed by atoms with Crippen molar-refractivity contribution in [2.24, 2.45) is 0 Å². The number of hydrogen-bond acceptors (Lipinski definition) is 3. The van der Waals surface area contributed by atoms with Gasteiger partial charge in [-0.1, -0.05) is 0 Å². The number of hydrogen-bond donors (Lipinski definition) is 1. The Morgan fingerprint density at radius 1 is 1.35 bits per heavy atom. The van der Waals surface area contributed by atoms with E-state index in [-0.39, 0.29) is 24.6 Å².